The third-order valence-electron chi connectivity index (χ3n) is 6.68. The minimum absolute atomic E-state index is 0.00294. The Hall–Kier alpha value is -3.57. The van der Waals surface area contributed by atoms with E-state index in [2.05, 4.69) is 4.72 Å². The number of benzene rings is 2. The van der Waals surface area contributed by atoms with Gasteiger partial charge in [0.15, 0.2) is 0 Å². The standard InChI is InChI=1S/C14H15F3N2O3S.C12H13F3N2O2S/c1-8(20)19-13(2,3)12(18)11(23(19,21)22)9-5-4-6-10(7-9)14(15,16)17;1-11(2)10(16)9(20(18,19)17-11)7-4-3-5-8(6-7)12(13,14)15/h4-7H,18H2,1-3H3;3-6,17H,16H2,1-2H3. The highest BCUT2D eigenvalue weighted by Gasteiger charge is 2.51. The average Bonchev–Trinajstić information content (AvgIpc) is 3.08. The van der Waals surface area contributed by atoms with E-state index in [4.69, 9.17) is 11.5 Å². The summed E-state index contributed by atoms with van der Waals surface area (Å²) in [4.78, 5) is 10.9. The number of sulfonamides is 2. The molecule has 9 nitrogen and oxygen atoms in total. The van der Waals surface area contributed by atoms with Crippen LogP contribution in [0.15, 0.2) is 59.9 Å². The maximum Gasteiger partial charge on any atom is 0.416 e. The van der Waals surface area contributed by atoms with Crippen molar-refractivity contribution >= 4 is 35.8 Å². The minimum atomic E-state index is -4.62. The maximum absolute atomic E-state index is 12.8. The van der Waals surface area contributed by atoms with Crippen LogP contribution in [0.2, 0.25) is 0 Å². The van der Waals surface area contributed by atoms with Crippen molar-refractivity contribution in [2.45, 2.75) is 58.0 Å². The van der Waals surface area contributed by atoms with Crippen LogP contribution in [0.1, 0.15) is 56.9 Å². The number of alkyl halides is 6. The van der Waals surface area contributed by atoms with Gasteiger partial charge in [-0.25, -0.2) is 21.1 Å². The molecule has 236 valence electrons. The Labute approximate surface area is 244 Å². The van der Waals surface area contributed by atoms with Crippen LogP contribution >= 0.6 is 0 Å². The lowest BCUT2D eigenvalue weighted by Crippen LogP contribution is -2.47. The SMILES string of the molecule is CC(=O)N1C(C)(C)C(N)=C(c2cccc(C(F)(F)F)c2)S1(=O)=O.CC1(C)NS(=O)(=O)C(c2cccc(C(F)(F)F)c2)=C1N. The van der Waals surface area contributed by atoms with Gasteiger partial charge < -0.3 is 11.5 Å². The molecule has 2 aliphatic heterocycles. The predicted molar refractivity (Wildman–Crippen MR) is 147 cm³/mol. The van der Waals surface area contributed by atoms with Crippen LogP contribution in [0.25, 0.3) is 9.81 Å². The highest BCUT2D eigenvalue weighted by Crippen LogP contribution is 2.44. The predicted octanol–water partition coefficient (Wildman–Crippen LogP) is 4.35. The summed E-state index contributed by atoms with van der Waals surface area (Å²) in [5, 5.41) is 0. The molecule has 0 saturated heterocycles. The molecule has 0 radical (unpaired) electrons. The Morgan fingerprint density at radius 1 is 0.767 bits per heavy atom. The van der Waals surface area contributed by atoms with Crippen molar-refractivity contribution in [1.82, 2.24) is 9.03 Å². The van der Waals surface area contributed by atoms with Gasteiger partial charge in [0.2, 0.25) is 15.9 Å². The Morgan fingerprint density at radius 3 is 1.51 bits per heavy atom. The molecule has 4 rings (SSSR count). The number of hydrogen-bond acceptors (Lipinski definition) is 7. The van der Waals surface area contributed by atoms with Gasteiger partial charge in [0.1, 0.15) is 9.81 Å². The molecule has 2 heterocycles. The normalized spacial score (nSPS) is 20.6. The zero-order valence-corrected chi connectivity index (χ0v) is 25.0. The summed E-state index contributed by atoms with van der Waals surface area (Å²) in [6, 6.07) is 7.95. The molecule has 0 unspecified atom stereocenters. The smallest absolute Gasteiger partial charge is 0.399 e. The van der Waals surface area contributed by atoms with E-state index in [0.29, 0.717) is 10.4 Å². The Morgan fingerprint density at radius 2 is 1.19 bits per heavy atom. The van der Waals surface area contributed by atoms with Crippen LogP contribution in [-0.4, -0.2) is 38.1 Å². The number of carbonyl (C=O) groups excluding carboxylic acids is 1. The first-order valence-corrected chi connectivity index (χ1v) is 15.1. The van der Waals surface area contributed by atoms with E-state index in [0.717, 1.165) is 37.3 Å². The lowest BCUT2D eigenvalue weighted by atomic mass is 9.98. The number of amides is 1. The quantitative estimate of drug-likeness (QED) is 0.407. The number of hydrogen-bond donors (Lipinski definition) is 3. The van der Waals surface area contributed by atoms with Crippen molar-refractivity contribution in [2.75, 3.05) is 0 Å². The first kappa shape index (κ1) is 33.9. The summed E-state index contributed by atoms with van der Waals surface area (Å²) in [6.07, 6.45) is -9.17. The van der Waals surface area contributed by atoms with Gasteiger partial charge in [0.05, 0.1) is 27.9 Å². The Kier molecular flexibility index (Phi) is 8.33. The molecular weight excluding hydrogens is 626 g/mol. The summed E-state index contributed by atoms with van der Waals surface area (Å²) in [7, 11) is -8.25. The second kappa shape index (κ2) is 10.6. The highest BCUT2D eigenvalue weighted by molar-refractivity contribution is 7.99. The van der Waals surface area contributed by atoms with Crippen molar-refractivity contribution in [2.24, 2.45) is 11.5 Å². The average molecular weight is 655 g/mol. The van der Waals surface area contributed by atoms with E-state index in [9.17, 15) is 48.0 Å². The van der Waals surface area contributed by atoms with E-state index >= 15 is 0 Å². The molecule has 1 amide bonds. The van der Waals surface area contributed by atoms with Crippen molar-refractivity contribution in [3.8, 4) is 0 Å². The lowest BCUT2D eigenvalue weighted by Gasteiger charge is -2.29. The number of rotatable bonds is 2. The van der Waals surface area contributed by atoms with Gasteiger partial charge in [0.25, 0.3) is 10.0 Å². The van der Waals surface area contributed by atoms with Crippen molar-refractivity contribution in [3.63, 3.8) is 0 Å². The summed E-state index contributed by atoms with van der Waals surface area (Å²) in [6.45, 7) is 6.98. The third kappa shape index (κ3) is 6.24. The molecule has 5 N–H and O–H groups in total. The van der Waals surface area contributed by atoms with Crippen LogP contribution in [-0.2, 0) is 37.2 Å². The van der Waals surface area contributed by atoms with E-state index in [1.54, 1.807) is 13.8 Å². The zero-order valence-electron chi connectivity index (χ0n) is 23.3. The number of nitrogens with two attached hydrogens (primary N) is 2. The van der Waals surface area contributed by atoms with Gasteiger partial charge in [-0.2, -0.15) is 31.1 Å². The zero-order chi connectivity index (χ0) is 33.1. The van der Waals surface area contributed by atoms with E-state index < -0.39 is 65.4 Å². The van der Waals surface area contributed by atoms with Crippen LogP contribution in [0.3, 0.4) is 0 Å². The molecule has 0 atom stereocenters. The van der Waals surface area contributed by atoms with Gasteiger partial charge in [0, 0.05) is 12.6 Å². The van der Waals surface area contributed by atoms with E-state index in [1.807, 2.05) is 0 Å². The molecule has 0 bridgehead atoms. The molecule has 17 heteroatoms. The van der Waals surface area contributed by atoms with Gasteiger partial charge >= 0.3 is 12.4 Å². The van der Waals surface area contributed by atoms with Crippen LogP contribution < -0.4 is 16.2 Å². The Balaban J connectivity index is 0.000000238. The van der Waals surface area contributed by atoms with Crippen molar-refractivity contribution < 1.29 is 48.0 Å². The number of nitrogens with zero attached hydrogens (tertiary/aromatic N) is 1. The largest absolute Gasteiger partial charge is 0.416 e. The number of carbonyl (C=O) groups is 1. The second-order valence-electron chi connectivity index (χ2n) is 10.7. The molecule has 0 saturated carbocycles. The van der Waals surface area contributed by atoms with Crippen LogP contribution in [0, 0.1) is 0 Å². The first-order valence-electron chi connectivity index (χ1n) is 12.2. The fourth-order valence-corrected chi connectivity index (χ4v) is 8.68. The molecule has 2 aromatic carbocycles. The number of halogens is 6. The molecule has 2 aromatic rings. The molecule has 43 heavy (non-hydrogen) atoms. The van der Waals surface area contributed by atoms with Gasteiger partial charge in [-0.05, 0) is 63.1 Å². The summed E-state index contributed by atoms with van der Waals surface area (Å²) in [5.74, 6) is -0.764. The summed E-state index contributed by atoms with van der Waals surface area (Å²) < 4.78 is 129. The molecular formula is C26H28F6N4O5S2. The van der Waals surface area contributed by atoms with E-state index in [-0.39, 0.29) is 27.4 Å². The fraction of sp³-hybridized carbons (Fsp3) is 0.346. The molecule has 0 fully saturated rings. The lowest BCUT2D eigenvalue weighted by molar-refractivity contribution is -0.138. The summed E-state index contributed by atoms with van der Waals surface area (Å²) in [5.41, 5.74) is 6.91. The first-order chi connectivity index (χ1) is 19.3. The third-order valence-corrected chi connectivity index (χ3v) is 10.6. The van der Waals surface area contributed by atoms with Gasteiger partial charge in [-0.15, -0.1) is 0 Å². The van der Waals surface area contributed by atoms with Gasteiger partial charge in [-0.1, -0.05) is 24.3 Å². The molecule has 2 aliphatic rings. The monoisotopic (exact) mass is 654 g/mol. The molecule has 0 spiro atoms. The topological polar surface area (TPSA) is 153 Å². The van der Waals surface area contributed by atoms with Crippen LogP contribution in [0.4, 0.5) is 26.3 Å². The Bertz CT molecular complexity index is 1760. The molecule has 0 aliphatic carbocycles. The highest BCUT2D eigenvalue weighted by atomic mass is 32.2. The number of nitrogens with one attached hydrogen (secondary N) is 1. The summed E-state index contributed by atoms with van der Waals surface area (Å²) >= 11 is 0. The second-order valence-corrected chi connectivity index (χ2v) is 14.1. The van der Waals surface area contributed by atoms with Crippen LogP contribution in [0.5, 0.6) is 0 Å². The fourth-order valence-electron chi connectivity index (χ4n) is 4.64. The van der Waals surface area contributed by atoms with E-state index in [1.165, 1.54) is 26.0 Å². The molecule has 0 aromatic heterocycles. The minimum Gasteiger partial charge on any atom is -0.399 e. The van der Waals surface area contributed by atoms with Crippen molar-refractivity contribution in [3.05, 3.63) is 82.2 Å². The van der Waals surface area contributed by atoms with Crippen molar-refractivity contribution in [1.29, 1.82) is 0 Å². The van der Waals surface area contributed by atoms with Gasteiger partial charge in [-0.3, -0.25) is 4.79 Å². The maximum atomic E-state index is 12.8.